The highest BCUT2D eigenvalue weighted by atomic mass is 79.9. The molecule has 0 bridgehead atoms. The lowest BCUT2D eigenvalue weighted by Crippen LogP contribution is -1.93. The second kappa shape index (κ2) is 4.71. The van der Waals surface area contributed by atoms with Crippen LogP contribution in [-0.4, -0.2) is 21.1 Å². The Hall–Kier alpha value is -1.27. The molecular formula is C10H9BrN4S. The van der Waals surface area contributed by atoms with Gasteiger partial charge in [0.15, 0.2) is 0 Å². The molecule has 16 heavy (non-hydrogen) atoms. The normalized spacial score (nSPS) is 11.1. The van der Waals surface area contributed by atoms with Crippen molar-refractivity contribution in [2.75, 3.05) is 0 Å². The third-order valence-corrected chi connectivity index (χ3v) is 2.74. The van der Waals surface area contributed by atoms with Crippen LogP contribution < -0.4 is 0 Å². The van der Waals surface area contributed by atoms with Gasteiger partial charge in [0.25, 0.3) is 0 Å². The van der Waals surface area contributed by atoms with Crippen molar-refractivity contribution in [1.82, 2.24) is 14.9 Å². The fourth-order valence-electron chi connectivity index (χ4n) is 1.22. The number of hydrogen-bond donors (Lipinski definition) is 1. The predicted octanol–water partition coefficient (Wildman–Crippen LogP) is 2.89. The van der Waals surface area contributed by atoms with Crippen molar-refractivity contribution in [3.05, 3.63) is 44.9 Å². The topological polar surface area (TPSA) is 46.0 Å². The van der Waals surface area contributed by atoms with Gasteiger partial charge in [-0.05, 0) is 36.8 Å². The molecule has 1 aromatic carbocycles. The van der Waals surface area contributed by atoms with Gasteiger partial charge in [-0.3, -0.25) is 5.10 Å². The number of nitrogens with zero attached hydrogens (tertiary/aromatic N) is 3. The van der Waals surface area contributed by atoms with Gasteiger partial charge >= 0.3 is 0 Å². The Balaban J connectivity index is 2.32. The fraction of sp³-hybridized carbons (Fsp3) is 0.100. The summed E-state index contributed by atoms with van der Waals surface area (Å²) < 4.78 is 3.09. The van der Waals surface area contributed by atoms with Crippen molar-refractivity contribution in [1.29, 1.82) is 0 Å². The van der Waals surface area contributed by atoms with E-state index >= 15 is 0 Å². The van der Waals surface area contributed by atoms with Crippen molar-refractivity contribution in [3.8, 4) is 0 Å². The van der Waals surface area contributed by atoms with E-state index in [-0.39, 0.29) is 0 Å². The van der Waals surface area contributed by atoms with E-state index in [0.717, 1.165) is 15.9 Å². The monoisotopic (exact) mass is 296 g/mol. The summed E-state index contributed by atoms with van der Waals surface area (Å²) in [5, 5.41) is 10.9. The molecule has 1 N–H and O–H groups in total. The Morgan fingerprint density at radius 2 is 2.38 bits per heavy atom. The second-order valence-corrected chi connectivity index (χ2v) is 4.49. The van der Waals surface area contributed by atoms with Crippen molar-refractivity contribution < 1.29 is 0 Å². The van der Waals surface area contributed by atoms with E-state index in [0.29, 0.717) is 4.77 Å². The minimum atomic E-state index is 0.490. The highest BCUT2D eigenvalue weighted by molar-refractivity contribution is 9.10. The van der Waals surface area contributed by atoms with Crippen LogP contribution in [0.4, 0.5) is 0 Å². The molecule has 0 spiro atoms. The van der Waals surface area contributed by atoms with Crippen LogP contribution in [0.25, 0.3) is 0 Å². The van der Waals surface area contributed by atoms with Crippen molar-refractivity contribution in [3.63, 3.8) is 0 Å². The molecule has 4 nitrogen and oxygen atoms in total. The van der Waals surface area contributed by atoms with Crippen LogP contribution in [0.1, 0.15) is 11.4 Å². The summed E-state index contributed by atoms with van der Waals surface area (Å²) in [7, 11) is 0. The van der Waals surface area contributed by atoms with E-state index < -0.39 is 0 Å². The summed E-state index contributed by atoms with van der Waals surface area (Å²) >= 11 is 8.44. The third-order valence-electron chi connectivity index (χ3n) is 1.98. The summed E-state index contributed by atoms with van der Waals surface area (Å²) in [6, 6.07) is 7.86. The number of nitrogens with one attached hydrogen (secondary N) is 1. The number of hydrogen-bond acceptors (Lipinski definition) is 3. The molecule has 0 radical (unpaired) electrons. The Kier molecular flexibility index (Phi) is 3.31. The number of aromatic amines is 1. The Morgan fingerprint density at radius 3 is 3.00 bits per heavy atom. The first-order valence-corrected chi connectivity index (χ1v) is 5.81. The lowest BCUT2D eigenvalue weighted by atomic mass is 10.2. The minimum absolute atomic E-state index is 0.490. The maximum Gasteiger partial charge on any atom is 0.216 e. The second-order valence-electron chi connectivity index (χ2n) is 3.19. The number of aromatic nitrogens is 3. The van der Waals surface area contributed by atoms with E-state index in [1.165, 1.54) is 0 Å². The van der Waals surface area contributed by atoms with E-state index in [2.05, 4.69) is 31.2 Å². The van der Waals surface area contributed by atoms with E-state index in [9.17, 15) is 0 Å². The predicted molar refractivity (Wildman–Crippen MR) is 69.3 cm³/mol. The van der Waals surface area contributed by atoms with Crippen LogP contribution in [0.2, 0.25) is 0 Å². The van der Waals surface area contributed by atoms with Crippen molar-refractivity contribution in [2.24, 2.45) is 5.10 Å². The molecule has 1 aromatic heterocycles. The number of aryl methyl sites for hydroxylation is 1. The number of halogens is 1. The van der Waals surface area contributed by atoms with Crippen LogP contribution in [0.3, 0.4) is 0 Å². The molecule has 0 saturated carbocycles. The molecule has 6 heteroatoms. The van der Waals surface area contributed by atoms with Gasteiger partial charge in [-0.2, -0.15) is 14.9 Å². The standard InChI is InChI=1S/C10H9BrN4S/c1-7-13-14-10(16)15(7)12-6-8-3-2-4-9(11)5-8/h2-6H,1H3,(H,14,16)/b12-6+. The quantitative estimate of drug-likeness (QED) is 0.684. The molecule has 0 aliphatic rings. The van der Waals surface area contributed by atoms with Gasteiger partial charge in [-0.15, -0.1) is 0 Å². The summed E-state index contributed by atoms with van der Waals surface area (Å²) in [5.41, 5.74) is 0.997. The van der Waals surface area contributed by atoms with Gasteiger partial charge in [0.05, 0.1) is 6.21 Å². The van der Waals surface area contributed by atoms with Gasteiger partial charge in [0, 0.05) is 4.47 Å². The van der Waals surface area contributed by atoms with Crippen LogP contribution in [0, 0.1) is 11.7 Å². The van der Waals surface area contributed by atoms with Gasteiger partial charge in [0.2, 0.25) is 4.77 Å². The van der Waals surface area contributed by atoms with Crippen molar-refractivity contribution >= 4 is 34.4 Å². The summed E-state index contributed by atoms with van der Waals surface area (Å²) in [6.45, 7) is 1.84. The maximum absolute atomic E-state index is 5.04. The number of H-pyrrole nitrogens is 1. The molecule has 0 unspecified atom stereocenters. The smallest absolute Gasteiger partial charge is 0.216 e. The van der Waals surface area contributed by atoms with Crippen LogP contribution in [0.5, 0.6) is 0 Å². The van der Waals surface area contributed by atoms with Crippen LogP contribution in [-0.2, 0) is 0 Å². The molecule has 0 aliphatic heterocycles. The molecule has 0 amide bonds. The summed E-state index contributed by atoms with van der Waals surface area (Å²) in [4.78, 5) is 0. The highest BCUT2D eigenvalue weighted by Crippen LogP contribution is 2.10. The number of rotatable bonds is 2. The third kappa shape index (κ3) is 2.45. The van der Waals surface area contributed by atoms with Gasteiger partial charge in [0.1, 0.15) is 5.82 Å². The largest absolute Gasteiger partial charge is 0.250 e. The first-order valence-electron chi connectivity index (χ1n) is 4.61. The molecule has 0 atom stereocenters. The van der Waals surface area contributed by atoms with Gasteiger partial charge in [-0.1, -0.05) is 28.1 Å². The average Bonchev–Trinajstić information content (AvgIpc) is 2.56. The molecule has 2 rings (SSSR count). The first kappa shape index (κ1) is 11.2. The number of benzene rings is 1. The Morgan fingerprint density at radius 1 is 1.56 bits per heavy atom. The maximum atomic E-state index is 5.04. The molecule has 1 heterocycles. The Bertz CT molecular complexity index is 585. The SMILES string of the molecule is Cc1n[nH]c(=S)n1/N=C/c1cccc(Br)c1. The van der Waals surface area contributed by atoms with Crippen LogP contribution in [0.15, 0.2) is 33.8 Å². The average molecular weight is 297 g/mol. The summed E-state index contributed by atoms with van der Waals surface area (Å²) in [6.07, 6.45) is 1.74. The summed E-state index contributed by atoms with van der Waals surface area (Å²) in [5.74, 6) is 0.733. The highest BCUT2D eigenvalue weighted by Gasteiger charge is 1.97. The molecule has 82 valence electrons. The van der Waals surface area contributed by atoms with E-state index in [1.54, 1.807) is 10.9 Å². The van der Waals surface area contributed by atoms with E-state index in [1.807, 2.05) is 31.2 Å². The van der Waals surface area contributed by atoms with Crippen LogP contribution >= 0.6 is 28.1 Å². The zero-order valence-corrected chi connectivity index (χ0v) is 10.9. The lowest BCUT2D eigenvalue weighted by molar-refractivity contribution is 0.821. The first-order chi connectivity index (χ1) is 7.66. The molecule has 2 aromatic rings. The van der Waals surface area contributed by atoms with Gasteiger partial charge in [-0.25, -0.2) is 0 Å². The molecule has 0 saturated heterocycles. The molecule has 0 fully saturated rings. The fourth-order valence-corrected chi connectivity index (χ4v) is 1.86. The van der Waals surface area contributed by atoms with Gasteiger partial charge < -0.3 is 0 Å². The van der Waals surface area contributed by atoms with Crippen molar-refractivity contribution in [2.45, 2.75) is 6.92 Å². The van der Waals surface area contributed by atoms with E-state index in [4.69, 9.17) is 12.2 Å². The molecule has 0 aliphatic carbocycles. The Labute approximate surface area is 106 Å². The lowest BCUT2D eigenvalue weighted by Gasteiger charge is -1.95. The zero-order chi connectivity index (χ0) is 11.5. The molecular weight excluding hydrogens is 288 g/mol. The zero-order valence-electron chi connectivity index (χ0n) is 8.51. The minimum Gasteiger partial charge on any atom is -0.250 e.